The molecule has 0 nitrogen and oxygen atoms in total. The van der Waals surface area contributed by atoms with E-state index in [0.717, 1.165) is 0 Å². The van der Waals surface area contributed by atoms with Crippen molar-refractivity contribution in [1.82, 2.24) is 0 Å². The molecule has 1 aliphatic rings. The standard InChI is InChI=1S/C10H16/c1-8(2)9-5-6-10(3,4)7-9/h5-8H,1-4H3. The fourth-order valence-electron chi connectivity index (χ4n) is 1.20. The summed E-state index contributed by atoms with van der Waals surface area (Å²) in [5, 5.41) is 0. The van der Waals surface area contributed by atoms with Gasteiger partial charge >= 0.3 is 0 Å². The molecule has 1 rings (SSSR count). The van der Waals surface area contributed by atoms with Crippen molar-refractivity contribution in [3.63, 3.8) is 0 Å². The van der Waals surface area contributed by atoms with E-state index in [1.165, 1.54) is 5.57 Å². The van der Waals surface area contributed by atoms with E-state index in [-0.39, 0.29) is 0 Å². The van der Waals surface area contributed by atoms with Crippen LogP contribution in [0.3, 0.4) is 0 Å². The topological polar surface area (TPSA) is 0 Å². The van der Waals surface area contributed by atoms with Crippen molar-refractivity contribution in [1.29, 1.82) is 0 Å². The Labute approximate surface area is 63.6 Å². The van der Waals surface area contributed by atoms with Crippen LogP contribution in [0.15, 0.2) is 23.8 Å². The van der Waals surface area contributed by atoms with Crippen LogP contribution in [-0.4, -0.2) is 0 Å². The molecule has 0 heteroatoms. The van der Waals surface area contributed by atoms with Crippen molar-refractivity contribution >= 4 is 0 Å². The number of hydrogen-bond acceptors (Lipinski definition) is 0. The predicted octanol–water partition coefficient (Wildman–Crippen LogP) is 3.16. The summed E-state index contributed by atoms with van der Waals surface area (Å²) >= 11 is 0. The van der Waals surface area contributed by atoms with Crippen molar-refractivity contribution in [2.75, 3.05) is 0 Å². The highest BCUT2D eigenvalue weighted by Gasteiger charge is 2.17. The molecular weight excluding hydrogens is 120 g/mol. The van der Waals surface area contributed by atoms with Gasteiger partial charge in [0.05, 0.1) is 0 Å². The largest absolute Gasteiger partial charge is 0.0748 e. The van der Waals surface area contributed by atoms with Crippen LogP contribution in [0, 0.1) is 11.3 Å². The van der Waals surface area contributed by atoms with Crippen molar-refractivity contribution in [2.24, 2.45) is 11.3 Å². The molecule has 0 unspecified atom stereocenters. The molecule has 1 aliphatic carbocycles. The van der Waals surface area contributed by atoms with E-state index in [1.807, 2.05) is 0 Å². The van der Waals surface area contributed by atoms with Crippen molar-refractivity contribution < 1.29 is 0 Å². The van der Waals surface area contributed by atoms with Gasteiger partial charge < -0.3 is 0 Å². The number of rotatable bonds is 1. The number of allylic oxidation sites excluding steroid dienone is 4. The highest BCUT2D eigenvalue weighted by atomic mass is 14.2. The molecule has 0 N–H and O–H groups in total. The van der Waals surface area contributed by atoms with Crippen LogP contribution < -0.4 is 0 Å². The maximum absolute atomic E-state index is 2.34. The van der Waals surface area contributed by atoms with Crippen LogP contribution in [-0.2, 0) is 0 Å². The first-order valence-electron chi connectivity index (χ1n) is 3.93. The molecule has 56 valence electrons. The Bertz CT molecular complexity index is 180. The van der Waals surface area contributed by atoms with Gasteiger partial charge in [-0.05, 0) is 11.5 Å². The van der Waals surface area contributed by atoms with Gasteiger partial charge in [-0.15, -0.1) is 0 Å². The maximum Gasteiger partial charge on any atom is 0.00135 e. The van der Waals surface area contributed by atoms with Gasteiger partial charge in [0.25, 0.3) is 0 Å². The third-order valence-corrected chi connectivity index (χ3v) is 1.91. The molecule has 0 bridgehead atoms. The zero-order chi connectivity index (χ0) is 7.78. The minimum absolute atomic E-state index is 0.305. The average Bonchev–Trinajstić information content (AvgIpc) is 2.10. The fraction of sp³-hybridized carbons (Fsp3) is 0.600. The Morgan fingerprint density at radius 2 is 1.90 bits per heavy atom. The molecule has 0 saturated carbocycles. The Morgan fingerprint density at radius 3 is 2.10 bits per heavy atom. The Hall–Kier alpha value is -0.520. The fourth-order valence-corrected chi connectivity index (χ4v) is 1.20. The second-order valence-electron chi connectivity index (χ2n) is 3.95. The van der Waals surface area contributed by atoms with Gasteiger partial charge in [0, 0.05) is 5.41 Å². The van der Waals surface area contributed by atoms with Crippen molar-refractivity contribution in [2.45, 2.75) is 27.7 Å². The van der Waals surface area contributed by atoms with Gasteiger partial charge in [0.2, 0.25) is 0 Å². The summed E-state index contributed by atoms with van der Waals surface area (Å²) in [6, 6.07) is 0. The molecule has 0 amide bonds. The normalized spacial score (nSPS) is 21.9. The first kappa shape index (κ1) is 7.59. The first-order chi connectivity index (χ1) is 4.51. The first-order valence-corrected chi connectivity index (χ1v) is 3.93. The highest BCUT2D eigenvalue weighted by Crippen LogP contribution is 2.31. The number of hydrogen-bond donors (Lipinski definition) is 0. The van der Waals surface area contributed by atoms with Crippen LogP contribution in [0.4, 0.5) is 0 Å². The van der Waals surface area contributed by atoms with E-state index in [1.54, 1.807) is 0 Å². The molecule has 0 spiro atoms. The molecule has 0 saturated heterocycles. The van der Waals surface area contributed by atoms with Crippen LogP contribution in [0.25, 0.3) is 0 Å². The van der Waals surface area contributed by atoms with E-state index in [2.05, 4.69) is 45.9 Å². The minimum Gasteiger partial charge on any atom is -0.0748 e. The maximum atomic E-state index is 2.34. The third-order valence-electron chi connectivity index (χ3n) is 1.91. The smallest absolute Gasteiger partial charge is 0.00135 e. The van der Waals surface area contributed by atoms with E-state index in [4.69, 9.17) is 0 Å². The quantitative estimate of drug-likeness (QED) is 0.519. The molecule has 10 heavy (non-hydrogen) atoms. The Kier molecular flexibility index (Phi) is 1.72. The van der Waals surface area contributed by atoms with E-state index in [9.17, 15) is 0 Å². The molecule has 0 radical (unpaired) electrons. The molecule has 0 aliphatic heterocycles. The monoisotopic (exact) mass is 136 g/mol. The van der Waals surface area contributed by atoms with E-state index in [0.29, 0.717) is 11.3 Å². The second kappa shape index (κ2) is 2.26. The Balaban J connectivity index is 2.78. The van der Waals surface area contributed by atoms with Gasteiger partial charge in [-0.25, -0.2) is 0 Å². The molecule has 0 atom stereocenters. The lowest BCUT2D eigenvalue weighted by atomic mass is 9.95. The van der Waals surface area contributed by atoms with E-state index >= 15 is 0 Å². The van der Waals surface area contributed by atoms with E-state index < -0.39 is 0 Å². The van der Waals surface area contributed by atoms with Crippen molar-refractivity contribution in [3.05, 3.63) is 23.8 Å². The van der Waals surface area contributed by atoms with Gasteiger partial charge in [0.15, 0.2) is 0 Å². The summed E-state index contributed by atoms with van der Waals surface area (Å²) in [6.45, 7) is 8.94. The van der Waals surface area contributed by atoms with Crippen LogP contribution >= 0.6 is 0 Å². The second-order valence-corrected chi connectivity index (χ2v) is 3.95. The Morgan fingerprint density at radius 1 is 1.30 bits per heavy atom. The van der Waals surface area contributed by atoms with Crippen molar-refractivity contribution in [3.8, 4) is 0 Å². The summed E-state index contributed by atoms with van der Waals surface area (Å²) in [7, 11) is 0. The van der Waals surface area contributed by atoms with Crippen LogP contribution in [0.5, 0.6) is 0 Å². The average molecular weight is 136 g/mol. The zero-order valence-electron chi connectivity index (χ0n) is 7.31. The predicted molar refractivity (Wildman–Crippen MR) is 45.8 cm³/mol. The molecule has 0 aromatic carbocycles. The molecule has 0 heterocycles. The lowest BCUT2D eigenvalue weighted by molar-refractivity contribution is 0.629. The summed E-state index contributed by atoms with van der Waals surface area (Å²) in [4.78, 5) is 0. The van der Waals surface area contributed by atoms with Gasteiger partial charge in [-0.2, -0.15) is 0 Å². The molecule has 0 aromatic heterocycles. The molecular formula is C10H16. The summed E-state index contributed by atoms with van der Waals surface area (Å²) in [5.41, 5.74) is 1.78. The van der Waals surface area contributed by atoms with Crippen LogP contribution in [0.2, 0.25) is 0 Å². The lowest BCUT2D eigenvalue weighted by Crippen LogP contribution is -1.99. The minimum atomic E-state index is 0.305. The van der Waals surface area contributed by atoms with Gasteiger partial charge in [-0.3, -0.25) is 0 Å². The lowest BCUT2D eigenvalue weighted by Gasteiger charge is -2.10. The highest BCUT2D eigenvalue weighted by molar-refractivity contribution is 5.33. The molecule has 0 aromatic rings. The third kappa shape index (κ3) is 1.50. The zero-order valence-corrected chi connectivity index (χ0v) is 7.31. The summed E-state index contributed by atoms with van der Waals surface area (Å²) in [6.07, 6.45) is 6.85. The summed E-state index contributed by atoms with van der Waals surface area (Å²) < 4.78 is 0. The van der Waals surface area contributed by atoms with Crippen LogP contribution in [0.1, 0.15) is 27.7 Å². The molecule has 0 fully saturated rings. The van der Waals surface area contributed by atoms with Gasteiger partial charge in [0.1, 0.15) is 0 Å². The summed E-state index contributed by atoms with van der Waals surface area (Å²) in [5.74, 6) is 0.679. The SMILES string of the molecule is CC(C)C1=CC(C)(C)C=C1. The van der Waals surface area contributed by atoms with Gasteiger partial charge in [-0.1, -0.05) is 45.9 Å².